The van der Waals surface area contributed by atoms with Gasteiger partial charge in [0.25, 0.3) is 5.91 Å². The Morgan fingerprint density at radius 3 is 3.00 bits per heavy atom. The average Bonchev–Trinajstić information content (AvgIpc) is 2.83. The largest absolute Gasteiger partial charge is 0.394 e. The number of nitrogens with two attached hydrogens (primary N) is 1. The van der Waals surface area contributed by atoms with Crippen LogP contribution in [0.5, 0.6) is 0 Å². The standard InChI is InChI=1S/C9H10N4OS/c1-5-7(10)8(13-12-5)11-9(14)6-3-2-4-15-6/h2-4H,10H2,1H3,(H2,11,12,13,14). The quantitative estimate of drug-likeness (QED) is 0.721. The molecule has 0 aromatic carbocycles. The van der Waals surface area contributed by atoms with Crippen LogP contribution >= 0.6 is 11.3 Å². The van der Waals surface area contributed by atoms with Gasteiger partial charge in [0.1, 0.15) is 0 Å². The number of nitrogens with one attached hydrogen (secondary N) is 2. The van der Waals surface area contributed by atoms with Gasteiger partial charge in [-0.15, -0.1) is 11.3 Å². The van der Waals surface area contributed by atoms with Gasteiger partial charge in [-0.05, 0) is 18.4 Å². The Labute approximate surface area is 90.3 Å². The zero-order chi connectivity index (χ0) is 10.8. The van der Waals surface area contributed by atoms with E-state index >= 15 is 0 Å². The van der Waals surface area contributed by atoms with Gasteiger partial charge in [0, 0.05) is 0 Å². The minimum absolute atomic E-state index is 0.191. The summed E-state index contributed by atoms with van der Waals surface area (Å²) >= 11 is 1.37. The summed E-state index contributed by atoms with van der Waals surface area (Å²) in [4.78, 5) is 12.3. The van der Waals surface area contributed by atoms with Gasteiger partial charge >= 0.3 is 0 Å². The molecular weight excluding hydrogens is 212 g/mol. The number of aromatic nitrogens is 2. The van der Waals surface area contributed by atoms with Crippen molar-refractivity contribution in [1.82, 2.24) is 10.2 Å². The van der Waals surface area contributed by atoms with Crippen LogP contribution in [-0.4, -0.2) is 16.1 Å². The van der Waals surface area contributed by atoms with E-state index in [-0.39, 0.29) is 5.91 Å². The Balaban J connectivity index is 2.16. The number of thiophene rings is 1. The lowest BCUT2D eigenvalue weighted by atomic mass is 10.4. The zero-order valence-electron chi connectivity index (χ0n) is 8.07. The van der Waals surface area contributed by atoms with Crippen LogP contribution in [0.3, 0.4) is 0 Å². The first-order chi connectivity index (χ1) is 7.18. The van der Waals surface area contributed by atoms with Crippen LogP contribution in [0.1, 0.15) is 15.4 Å². The molecule has 0 radical (unpaired) electrons. The van der Waals surface area contributed by atoms with Gasteiger partial charge in [-0.25, -0.2) is 0 Å². The molecule has 0 spiro atoms. The van der Waals surface area contributed by atoms with Crippen molar-refractivity contribution in [2.24, 2.45) is 0 Å². The minimum atomic E-state index is -0.191. The average molecular weight is 222 g/mol. The fourth-order valence-electron chi connectivity index (χ4n) is 1.11. The summed E-state index contributed by atoms with van der Waals surface area (Å²) in [5, 5.41) is 11.1. The van der Waals surface area contributed by atoms with Crippen molar-refractivity contribution < 1.29 is 4.79 Å². The molecule has 4 N–H and O–H groups in total. The molecule has 6 heteroatoms. The lowest BCUT2D eigenvalue weighted by Gasteiger charge is -1.99. The summed E-state index contributed by atoms with van der Waals surface area (Å²) in [6.07, 6.45) is 0. The Kier molecular flexibility index (Phi) is 2.42. The Hall–Kier alpha value is -1.82. The predicted octanol–water partition coefficient (Wildman–Crippen LogP) is 1.61. The van der Waals surface area contributed by atoms with E-state index in [4.69, 9.17) is 5.73 Å². The summed E-state index contributed by atoms with van der Waals surface area (Å²) in [5.41, 5.74) is 6.92. The number of amides is 1. The Morgan fingerprint density at radius 2 is 2.47 bits per heavy atom. The van der Waals surface area contributed by atoms with Crippen LogP contribution in [0.4, 0.5) is 11.5 Å². The minimum Gasteiger partial charge on any atom is -0.394 e. The summed E-state index contributed by atoms with van der Waals surface area (Å²) in [6.45, 7) is 1.79. The third kappa shape index (κ3) is 1.84. The van der Waals surface area contributed by atoms with Crippen molar-refractivity contribution in [3.63, 3.8) is 0 Å². The maximum atomic E-state index is 11.6. The normalized spacial score (nSPS) is 10.2. The summed E-state index contributed by atoms with van der Waals surface area (Å²) in [6, 6.07) is 3.56. The maximum Gasteiger partial charge on any atom is 0.266 e. The molecule has 1 amide bonds. The van der Waals surface area contributed by atoms with Gasteiger partial charge in [0.05, 0.1) is 16.3 Å². The van der Waals surface area contributed by atoms with E-state index in [0.29, 0.717) is 16.4 Å². The highest BCUT2D eigenvalue weighted by atomic mass is 32.1. The van der Waals surface area contributed by atoms with Crippen molar-refractivity contribution in [3.05, 3.63) is 28.1 Å². The summed E-state index contributed by atoms with van der Waals surface area (Å²) in [5.74, 6) is 0.189. The number of H-pyrrole nitrogens is 1. The van der Waals surface area contributed by atoms with Gasteiger partial charge in [-0.2, -0.15) is 5.10 Å². The van der Waals surface area contributed by atoms with E-state index in [1.165, 1.54) is 11.3 Å². The SMILES string of the molecule is Cc1[nH]nc(NC(=O)c2cccs2)c1N. The van der Waals surface area contributed by atoms with Crippen LogP contribution in [0.2, 0.25) is 0 Å². The zero-order valence-corrected chi connectivity index (χ0v) is 8.89. The maximum absolute atomic E-state index is 11.6. The number of carbonyl (C=O) groups excluding carboxylic acids is 1. The van der Waals surface area contributed by atoms with Gasteiger partial charge in [-0.1, -0.05) is 6.07 Å². The molecule has 0 fully saturated rings. The molecule has 2 heterocycles. The predicted molar refractivity (Wildman–Crippen MR) is 60.0 cm³/mol. The first-order valence-electron chi connectivity index (χ1n) is 4.34. The number of aryl methyl sites for hydroxylation is 1. The van der Waals surface area contributed by atoms with Gasteiger partial charge in [0.2, 0.25) is 0 Å². The van der Waals surface area contributed by atoms with E-state index in [9.17, 15) is 4.79 Å². The highest BCUT2D eigenvalue weighted by molar-refractivity contribution is 7.12. The molecule has 0 saturated carbocycles. The van der Waals surface area contributed by atoms with E-state index < -0.39 is 0 Å². The number of hydrogen-bond acceptors (Lipinski definition) is 4. The van der Waals surface area contributed by atoms with Crippen molar-refractivity contribution in [3.8, 4) is 0 Å². The number of anilines is 2. The molecule has 0 saturated heterocycles. The van der Waals surface area contributed by atoms with E-state index in [0.717, 1.165) is 5.69 Å². The van der Waals surface area contributed by atoms with Crippen molar-refractivity contribution in [1.29, 1.82) is 0 Å². The number of carbonyl (C=O) groups is 1. The molecule has 78 valence electrons. The third-order valence-electron chi connectivity index (χ3n) is 1.97. The van der Waals surface area contributed by atoms with Gasteiger partial charge in [0.15, 0.2) is 5.82 Å². The number of nitrogens with zero attached hydrogens (tertiary/aromatic N) is 1. The molecule has 2 aromatic heterocycles. The topological polar surface area (TPSA) is 83.8 Å². The summed E-state index contributed by atoms with van der Waals surface area (Å²) in [7, 11) is 0. The van der Waals surface area contributed by atoms with Crippen molar-refractivity contribution in [2.75, 3.05) is 11.1 Å². The van der Waals surface area contributed by atoms with Crippen LogP contribution < -0.4 is 11.1 Å². The fourth-order valence-corrected chi connectivity index (χ4v) is 1.73. The second-order valence-corrected chi connectivity index (χ2v) is 3.99. The molecule has 0 unspecified atom stereocenters. The highest BCUT2D eigenvalue weighted by Gasteiger charge is 2.12. The van der Waals surface area contributed by atoms with E-state index in [1.807, 2.05) is 11.4 Å². The van der Waals surface area contributed by atoms with Crippen LogP contribution in [0, 0.1) is 6.92 Å². The number of nitrogen functional groups attached to an aromatic ring is 1. The fraction of sp³-hybridized carbons (Fsp3) is 0.111. The Morgan fingerprint density at radius 1 is 1.67 bits per heavy atom. The van der Waals surface area contributed by atoms with Gasteiger partial charge < -0.3 is 11.1 Å². The molecule has 5 nitrogen and oxygen atoms in total. The smallest absolute Gasteiger partial charge is 0.266 e. The number of hydrogen-bond donors (Lipinski definition) is 3. The third-order valence-corrected chi connectivity index (χ3v) is 2.84. The first kappa shape index (κ1) is 9.72. The molecule has 0 atom stereocenters. The van der Waals surface area contributed by atoms with E-state index in [1.54, 1.807) is 13.0 Å². The number of aromatic amines is 1. The molecule has 0 aliphatic rings. The van der Waals surface area contributed by atoms with E-state index in [2.05, 4.69) is 15.5 Å². The second kappa shape index (κ2) is 3.74. The second-order valence-electron chi connectivity index (χ2n) is 3.04. The van der Waals surface area contributed by atoms with Crippen LogP contribution in [-0.2, 0) is 0 Å². The molecule has 0 aliphatic heterocycles. The monoisotopic (exact) mass is 222 g/mol. The summed E-state index contributed by atoms with van der Waals surface area (Å²) < 4.78 is 0. The molecule has 0 aliphatic carbocycles. The van der Waals surface area contributed by atoms with Crippen LogP contribution in [0.25, 0.3) is 0 Å². The Bertz CT molecular complexity index is 474. The van der Waals surface area contributed by atoms with Gasteiger partial charge in [-0.3, -0.25) is 9.89 Å². The first-order valence-corrected chi connectivity index (χ1v) is 5.21. The lowest BCUT2D eigenvalue weighted by Crippen LogP contribution is -2.11. The highest BCUT2D eigenvalue weighted by Crippen LogP contribution is 2.19. The van der Waals surface area contributed by atoms with Crippen molar-refractivity contribution in [2.45, 2.75) is 6.92 Å². The molecule has 2 rings (SSSR count). The number of rotatable bonds is 2. The molecule has 2 aromatic rings. The van der Waals surface area contributed by atoms with Crippen molar-refractivity contribution >= 4 is 28.7 Å². The lowest BCUT2D eigenvalue weighted by molar-refractivity contribution is 0.103. The molecular formula is C9H10N4OS. The molecule has 15 heavy (non-hydrogen) atoms. The molecule has 0 bridgehead atoms. The van der Waals surface area contributed by atoms with Crippen LogP contribution in [0.15, 0.2) is 17.5 Å².